The van der Waals surface area contributed by atoms with Gasteiger partial charge in [0.25, 0.3) is 11.1 Å². The number of benzene rings is 1. The molecule has 1 heterocycles. The first-order valence-electron chi connectivity index (χ1n) is 6.86. The summed E-state index contributed by atoms with van der Waals surface area (Å²) in [7, 11) is -2.03. The monoisotopic (exact) mass is 361 g/mol. The third-order valence-electron chi connectivity index (χ3n) is 3.04. The molecule has 0 saturated heterocycles. The average molecular weight is 361 g/mol. The Morgan fingerprint density at radius 2 is 2.00 bits per heavy atom. The molecule has 9 heteroatoms. The predicted octanol–water partition coefficient (Wildman–Crippen LogP) is 3.67. The van der Waals surface area contributed by atoms with Gasteiger partial charge in [0.15, 0.2) is 6.61 Å². The number of likely N-dealkylation sites (N-methyl/N-ethyl adjacent to an activating group) is 1. The maximum absolute atomic E-state index is 13.4. The molecule has 0 spiro atoms. The van der Waals surface area contributed by atoms with Gasteiger partial charge in [0.1, 0.15) is 5.01 Å². The summed E-state index contributed by atoms with van der Waals surface area (Å²) in [6, 6.07) is 9.11. The molecular weight excluding hydrogens is 344 g/mol. The molecule has 0 bridgehead atoms. The van der Waals surface area contributed by atoms with Gasteiger partial charge in [0.05, 0.1) is 16.6 Å². The molecule has 126 valence electrons. The van der Waals surface area contributed by atoms with E-state index in [0.717, 1.165) is 17.0 Å². The summed E-state index contributed by atoms with van der Waals surface area (Å²) >= 11 is 0.950. The first-order valence-corrected chi connectivity index (χ1v) is 9.45. The fourth-order valence-electron chi connectivity index (χ4n) is 1.65. The zero-order valence-corrected chi connectivity index (χ0v) is 14.4. The van der Waals surface area contributed by atoms with Gasteiger partial charge in [-0.1, -0.05) is 36.5 Å². The number of carbonyl (C=O) groups is 1. The molecule has 0 aliphatic heterocycles. The first kappa shape index (κ1) is 17.6. The van der Waals surface area contributed by atoms with Crippen molar-refractivity contribution in [1.82, 2.24) is 10.2 Å². The molecule has 1 aromatic heterocycles. The maximum Gasteiger partial charge on any atom is 0.294 e. The van der Waals surface area contributed by atoms with E-state index in [4.69, 9.17) is 4.74 Å². The van der Waals surface area contributed by atoms with E-state index in [0.29, 0.717) is 0 Å². The predicted molar refractivity (Wildman–Crippen MR) is 89.3 cm³/mol. The van der Waals surface area contributed by atoms with E-state index in [-0.39, 0.29) is 34.2 Å². The van der Waals surface area contributed by atoms with E-state index in [9.17, 15) is 12.6 Å². The Hall–Kier alpha value is -1.74. The van der Waals surface area contributed by atoms with Crippen molar-refractivity contribution in [3.05, 3.63) is 35.3 Å². The quantitative estimate of drug-likeness (QED) is 0.755. The lowest BCUT2D eigenvalue weighted by Crippen LogP contribution is -2.31. The molecule has 0 fully saturated rings. The number of rotatable bonds is 7. The summed E-state index contributed by atoms with van der Waals surface area (Å²) < 4.78 is 32.0. The van der Waals surface area contributed by atoms with Gasteiger partial charge in [-0.05, 0) is 12.1 Å². The Morgan fingerprint density at radius 1 is 1.30 bits per heavy atom. The lowest BCUT2D eigenvalue weighted by Gasteiger charge is -2.16. The van der Waals surface area contributed by atoms with Gasteiger partial charge < -0.3 is 9.64 Å². The highest BCUT2D eigenvalue weighted by Gasteiger charge is 2.23. The summed E-state index contributed by atoms with van der Waals surface area (Å²) in [5, 5.41) is 7.74. The average Bonchev–Trinajstić information content (AvgIpc) is 2.99. The van der Waals surface area contributed by atoms with Gasteiger partial charge in [0, 0.05) is 18.5 Å². The molecule has 0 radical (unpaired) electrons. The number of carbonyl (C=O) groups excluding carboxylic acids is 1. The molecule has 2 aromatic rings. The Morgan fingerprint density at radius 3 is 2.65 bits per heavy atom. The molecule has 2 rings (SSSR count). The lowest BCUT2D eigenvalue weighted by molar-refractivity contribution is -0.120. The summed E-state index contributed by atoms with van der Waals surface area (Å²) in [6.07, 6.45) is 0. The van der Waals surface area contributed by atoms with E-state index in [1.807, 2.05) is 18.2 Å². The van der Waals surface area contributed by atoms with Gasteiger partial charge in [0.2, 0.25) is 0 Å². The second-order valence-electron chi connectivity index (χ2n) is 4.67. The molecule has 0 unspecified atom stereocenters. The number of halogens is 2. The van der Waals surface area contributed by atoms with E-state index >= 15 is 0 Å². The molecule has 23 heavy (non-hydrogen) atoms. The molecule has 5 nitrogen and oxygen atoms in total. The minimum absolute atomic E-state index is 0.126. The van der Waals surface area contributed by atoms with E-state index < -0.39 is 10.8 Å². The van der Waals surface area contributed by atoms with Crippen molar-refractivity contribution in [3.8, 4) is 5.19 Å². The van der Waals surface area contributed by atoms with Crippen LogP contribution in [0.4, 0.5) is 13.5 Å². The molecule has 0 aliphatic carbocycles. The van der Waals surface area contributed by atoms with Crippen molar-refractivity contribution in [1.29, 1.82) is 0 Å². The van der Waals surface area contributed by atoms with E-state index in [2.05, 4.69) is 10.2 Å². The molecule has 0 atom stereocenters. The highest BCUT2D eigenvalue weighted by atomic mass is 32.3. The van der Waals surface area contributed by atoms with Crippen LogP contribution in [-0.4, -0.2) is 35.5 Å². The van der Waals surface area contributed by atoms with Crippen LogP contribution in [0.15, 0.2) is 30.3 Å². The molecular formula is C14H17F2N3O2S2. The highest BCUT2D eigenvalue weighted by Crippen LogP contribution is 2.54. The number of hydrogen-bond acceptors (Lipinski definition) is 5. The molecule has 0 aliphatic rings. The summed E-state index contributed by atoms with van der Waals surface area (Å²) in [6.45, 7) is 1.23. The van der Waals surface area contributed by atoms with Crippen LogP contribution in [0, 0.1) is 0 Å². The van der Waals surface area contributed by atoms with Gasteiger partial charge in [-0.2, -0.15) is 7.77 Å². The molecule has 1 amide bonds. The summed E-state index contributed by atoms with van der Waals surface area (Å²) in [5.74, 6) is -0.830. The van der Waals surface area contributed by atoms with Crippen molar-refractivity contribution in [2.45, 2.75) is 12.7 Å². The van der Waals surface area contributed by atoms with Crippen molar-refractivity contribution < 1.29 is 17.3 Å². The van der Waals surface area contributed by atoms with Crippen molar-refractivity contribution >= 4 is 33.7 Å². The second kappa shape index (κ2) is 7.69. The van der Waals surface area contributed by atoms with Crippen LogP contribution in [0.1, 0.15) is 11.9 Å². The minimum atomic E-state index is -3.66. The van der Waals surface area contributed by atoms with Crippen LogP contribution >= 0.6 is 22.1 Å². The standard InChI is InChI=1S/C14H17F2N3O2S2/c1-3-23(15,16)10-12-17-18-14(22-12)21-9-13(20)19(2)11-7-5-4-6-8-11/h4-8H,3,9-10H2,1-2H3. The van der Waals surface area contributed by atoms with Crippen molar-refractivity contribution in [2.75, 3.05) is 24.3 Å². The van der Waals surface area contributed by atoms with E-state index in [1.54, 1.807) is 19.2 Å². The molecule has 0 N–H and O–H groups in total. The first-order chi connectivity index (χ1) is 10.9. The van der Waals surface area contributed by atoms with Crippen LogP contribution < -0.4 is 9.64 Å². The van der Waals surface area contributed by atoms with Gasteiger partial charge in [-0.15, -0.1) is 10.2 Å². The summed E-state index contributed by atoms with van der Waals surface area (Å²) in [4.78, 5) is 13.5. The van der Waals surface area contributed by atoms with Gasteiger partial charge in [-0.25, -0.2) is 0 Å². The largest absolute Gasteiger partial charge is 0.459 e. The van der Waals surface area contributed by atoms with Crippen LogP contribution in [-0.2, 0) is 10.5 Å². The van der Waals surface area contributed by atoms with E-state index in [1.165, 1.54) is 11.8 Å². The third kappa shape index (κ3) is 5.14. The fourth-order valence-corrected chi connectivity index (χ4v) is 3.51. The smallest absolute Gasteiger partial charge is 0.294 e. The zero-order chi connectivity index (χ0) is 16.9. The zero-order valence-electron chi connectivity index (χ0n) is 12.7. The fraction of sp³-hybridized carbons (Fsp3) is 0.357. The Labute approximate surface area is 139 Å². The molecule has 0 saturated carbocycles. The van der Waals surface area contributed by atoms with Crippen molar-refractivity contribution in [2.24, 2.45) is 0 Å². The normalized spacial score (nSPS) is 12.0. The van der Waals surface area contributed by atoms with Crippen LogP contribution in [0.3, 0.4) is 0 Å². The van der Waals surface area contributed by atoms with Crippen LogP contribution in [0.2, 0.25) is 0 Å². The number of aromatic nitrogens is 2. The summed E-state index contributed by atoms with van der Waals surface area (Å²) in [5.41, 5.74) is 0.741. The van der Waals surface area contributed by atoms with Crippen LogP contribution in [0.25, 0.3) is 0 Å². The Kier molecular flexibility index (Phi) is 5.89. The highest BCUT2D eigenvalue weighted by molar-refractivity contribution is 8.24. The maximum atomic E-state index is 13.4. The number of para-hydroxylation sites is 1. The number of ether oxygens (including phenoxy) is 1. The number of anilines is 1. The number of nitrogens with zero attached hydrogens (tertiary/aromatic N) is 3. The number of amides is 1. The van der Waals surface area contributed by atoms with Gasteiger partial charge in [-0.3, -0.25) is 4.79 Å². The molecule has 1 aromatic carbocycles. The third-order valence-corrected chi connectivity index (χ3v) is 5.60. The lowest BCUT2D eigenvalue weighted by atomic mass is 10.3. The Bertz CT molecular complexity index is 652. The van der Waals surface area contributed by atoms with Crippen molar-refractivity contribution in [3.63, 3.8) is 0 Å². The topological polar surface area (TPSA) is 55.3 Å². The van der Waals surface area contributed by atoms with Gasteiger partial charge >= 0.3 is 0 Å². The van der Waals surface area contributed by atoms with Crippen LogP contribution in [0.5, 0.6) is 5.19 Å². The number of hydrogen-bond donors (Lipinski definition) is 0. The minimum Gasteiger partial charge on any atom is -0.459 e. The Balaban J connectivity index is 1.89. The SMILES string of the molecule is CCS(F)(F)Cc1nnc(OCC(=O)N(C)c2ccccc2)s1. The second-order valence-corrected chi connectivity index (χ2v) is 7.96.